The van der Waals surface area contributed by atoms with Crippen LogP contribution < -0.4 is 19.7 Å². The zero-order valence-electron chi connectivity index (χ0n) is 15.1. The predicted octanol–water partition coefficient (Wildman–Crippen LogP) is 2.34. The molecule has 28 heavy (non-hydrogen) atoms. The minimum atomic E-state index is -0.642. The summed E-state index contributed by atoms with van der Waals surface area (Å²) < 4.78 is 15.7. The van der Waals surface area contributed by atoms with Crippen LogP contribution in [0.2, 0.25) is 0 Å². The number of hydrogen-bond donors (Lipinski definition) is 1. The molecular formula is C20H18N2O6. The molecular weight excluding hydrogens is 364 g/mol. The Bertz CT molecular complexity index is 957. The number of esters is 1. The Hall–Kier alpha value is -3.55. The molecule has 2 heterocycles. The van der Waals surface area contributed by atoms with Gasteiger partial charge in [0.25, 0.3) is 5.91 Å². The Labute approximate surface area is 161 Å². The van der Waals surface area contributed by atoms with Crippen molar-refractivity contribution in [3.63, 3.8) is 0 Å². The minimum Gasteiger partial charge on any atom is -0.454 e. The van der Waals surface area contributed by atoms with E-state index in [-0.39, 0.29) is 30.7 Å². The van der Waals surface area contributed by atoms with Crippen molar-refractivity contribution in [2.75, 3.05) is 23.6 Å². The van der Waals surface area contributed by atoms with Gasteiger partial charge >= 0.3 is 5.97 Å². The predicted molar refractivity (Wildman–Crippen MR) is 99.5 cm³/mol. The van der Waals surface area contributed by atoms with Gasteiger partial charge < -0.3 is 24.4 Å². The second-order valence-electron chi connectivity index (χ2n) is 6.53. The van der Waals surface area contributed by atoms with Crippen LogP contribution >= 0.6 is 0 Å². The van der Waals surface area contributed by atoms with E-state index in [0.29, 0.717) is 22.9 Å². The third-order valence-corrected chi connectivity index (χ3v) is 4.56. The maximum atomic E-state index is 12.8. The molecule has 0 aromatic heterocycles. The standard InChI is InChI=1S/C20H18N2O6/c1-12-8-18(23)21-14-4-2-3-5-15(14)22(12)19(24)10-26-20(25)13-6-7-16-17(9-13)28-11-27-16/h2-7,9,12H,8,10-11H2,1H3,(H,21,23)/t12-/m1/s1. The van der Waals surface area contributed by atoms with E-state index < -0.39 is 18.5 Å². The number of hydrogen-bond acceptors (Lipinski definition) is 6. The fourth-order valence-corrected chi connectivity index (χ4v) is 3.27. The van der Waals surface area contributed by atoms with Gasteiger partial charge in [0, 0.05) is 12.5 Å². The highest BCUT2D eigenvalue weighted by atomic mass is 16.7. The number of anilines is 2. The van der Waals surface area contributed by atoms with Gasteiger partial charge in [-0.3, -0.25) is 9.59 Å². The number of nitrogens with zero attached hydrogens (tertiary/aromatic N) is 1. The average molecular weight is 382 g/mol. The fourth-order valence-electron chi connectivity index (χ4n) is 3.27. The van der Waals surface area contributed by atoms with Crippen LogP contribution in [-0.2, 0) is 14.3 Å². The molecule has 8 heteroatoms. The van der Waals surface area contributed by atoms with Crippen molar-refractivity contribution in [3.8, 4) is 11.5 Å². The molecule has 0 unspecified atom stereocenters. The number of carbonyl (C=O) groups excluding carboxylic acids is 3. The summed E-state index contributed by atoms with van der Waals surface area (Å²) in [5.41, 5.74) is 1.38. The second-order valence-corrected chi connectivity index (χ2v) is 6.53. The molecule has 4 rings (SSSR count). The lowest BCUT2D eigenvalue weighted by atomic mass is 10.1. The van der Waals surface area contributed by atoms with Gasteiger partial charge in [-0.05, 0) is 37.3 Å². The highest BCUT2D eigenvalue weighted by Crippen LogP contribution is 2.33. The summed E-state index contributed by atoms with van der Waals surface area (Å²) >= 11 is 0. The molecule has 2 aliphatic heterocycles. The lowest BCUT2D eigenvalue weighted by Crippen LogP contribution is -2.41. The maximum absolute atomic E-state index is 12.8. The summed E-state index contributed by atoms with van der Waals surface area (Å²) in [6.07, 6.45) is 0.149. The van der Waals surface area contributed by atoms with Crippen LogP contribution in [0.15, 0.2) is 42.5 Å². The number of amides is 2. The monoisotopic (exact) mass is 382 g/mol. The smallest absolute Gasteiger partial charge is 0.338 e. The number of carbonyl (C=O) groups is 3. The Morgan fingerprint density at radius 2 is 1.96 bits per heavy atom. The fraction of sp³-hybridized carbons (Fsp3) is 0.250. The summed E-state index contributed by atoms with van der Waals surface area (Å²) in [4.78, 5) is 38.6. The van der Waals surface area contributed by atoms with Crippen LogP contribution in [0.5, 0.6) is 11.5 Å². The largest absolute Gasteiger partial charge is 0.454 e. The first-order chi connectivity index (χ1) is 13.5. The molecule has 0 fully saturated rings. The van der Waals surface area contributed by atoms with Crippen LogP contribution in [0.3, 0.4) is 0 Å². The van der Waals surface area contributed by atoms with Crippen LogP contribution in [0.1, 0.15) is 23.7 Å². The first-order valence-electron chi connectivity index (χ1n) is 8.80. The van der Waals surface area contributed by atoms with Crippen molar-refractivity contribution in [1.82, 2.24) is 0 Å². The molecule has 144 valence electrons. The van der Waals surface area contributed by atoms with Gasteiger partial charge in [-0.2, -0.15) is 0 Å². The number of nitrogens with one attached hydrogen (secondary N) is 1. The molecule has 0 saturated heterocycles. The van der Waals surface area contributed by atoms with Crippen LogP contribution in [-0.4, -0.2) is 37.2 Å². The van der Waals surface area contributed by atoms with E-state index in [0.717, 1.165) is 0 Å². The van der Waals surface area contributed by atoms with E-state index in [2.05, 4.69) is 5.32 Å². The van der Waals surface area contributed by atoms with E-state index >= 15 is 0 Å². The normalized spacial score (nSPS) is 17.4. The molecule has 0 aliphatic carbocycles. The molecule has 2 aliphatic rings. The minimum absolute atomic E-state index is 0.103. The zero-order chi connectivity index (χ0) is 19.7. The van der Waals surface area contributed by atoms with Crippen LogP contribution in [0.4, 0.5) is 11.4 Å². The van der Waals surface area contributed by atoms with Gasteiger partial charge in [0.1, 0.15) is 0 Å². The number of fused-ring (bicyclic) bond motifs is 2. The lowest BCUT2D eigenvalue weighted by Gasteiger charge is -2.27. The first kappa shape index (κ1) is 17.8. The highest BCUT2D eigenvalue weighted by molar-refractivity contribution is 6.05. The van der Waals surface area contributed by atoms with Gasteiger partial charge in [0.2, 0.25) is 12.7 Å². The summed E-state index contributed by atoms with van der Waals surface area (Å²) in [7, 11) is 0. The molecule has 2 aromatic rings. The summed E-state index contributed by atoms with van der Waals surface area (Å²) in [5, 5.41) is 2.79. The quantitative estimate of drug-likeness (QED) is 0.819. The van der Waals surface area contributed by atoms with Gasteiger partial charge in [-0.15, -0.1) is 0 Å². The number of para-hydroxylation sites is 2. The van der Waals surface area contributed by atoms with E-state index in [4.69, 9.17) is 14.2 Å². The first-order valence-corrected chi connectivity index (χ1v) is 8.80. The van der Waals surface area contributed by atoms with Crippen LogP contribution in [0, 0.1) is 0 Å². The molecule has 0 radical (unpaired) electrons. The van der Waals surface area contributed by atoms with Crippen molar-refractivity contribution in [2.24, 2.45) is 0 Å². The van der Waals surface area contributed by atoms with E-state index in [1.807, 2.05) is 0 Å². The molecule has 2 amide bonds. The van der Waals surface area contributed by atoms with Gasteiger partial charge in [0.05, 0.1) is 16.9 Å². The molecule has 0 spiro atoms. The Balaban J connectivity index is 1.48. The third-order valence-electron chi connectivity index (χ3n) is 4.56. The topological polar surface area (TPSA) is 94.2 Å². The van der Waals surface area contributed by atoms with Crippen molar-refractivity contribution in [2.45, 2.75) is 19.4 Å². The van der Waals surface area contributed by atoms with Gasteiger partial charge in [-0.25, -0.2) is 4.79 Å². The van der Waals surface area contributed by atoms with E-state index in [1.54, 1.807) is 43.3 Å². The molecule has 8 nitrogen and oxygen atoms in total. The second kappa shape index (κ2) is 7.22. The molecule has 2 aromatic carbocycles. The van der Waals surface area contributed by atoms with Crippen LogP contribution in [0.25, 0.3) is 0 Å². The van der Waals surface area contributed by atoms with Gasteiger partial charge in [-0.1, -0.05) is 12.1 Å². The van der Waals surface area contributed by atoms with Crippen molar-refractivity contribution in [1.29, 1.82) is 0 Å². The van der Waals surface area contributed by atoms with Crippen molar-refractivity contribution >= 4 is 29.2 Å². The summed E-state index contributed by atoms with van der Waals surface area (Å²) in [6.45, 7) is 1.44. The molecule has 1 N–H and O–H groups in total. The number of benzene rings is 2. The molecule has 0 saturated carbocycles. The third kappa shape index (κ3) is 3.36. The summed E-state index contributed by atoms with van der Waals surface area (Å²) in [6, 6.07) is 11.3. The van der Waals surface area contributed by atoms with Gasteiger partial charge in [0.15, 0.2) is 18.1 Å². The number of rotatable bonds is 3. The zero-order valence-corrected chi connectivity index (χ0v) is 15.1. The number of ether oxygens (including phenoxy) is 3. The summed E-state index contributed by atoms with van der Waals surface area (Å²) in [5.74, 6) is -0.213. The van der Waals surface area contributed by atoms with E-state index in [1.165, 1.54) is 11.0 Å². The van der Waals surface area contributed by atoms with E-state index in [9.17, 15) is 14.4 Å². The highest BCUT2D eigenvalue weighted by Gasteiger charge is 2.30. The SMILES string of the molecule is C[C@@H]1CC(=O)Nc2ccccc2N1C(=O)COC(=O)c1ccc2c(c1)OCO2. The molecule has 0 bridgehead atoms. The maximum Gasteiger partial charge on any atom is 0.338 e. The lowest BCUT2D eigenvalue weighted by molar-refractivity contribution is -0.122. The van der Waals surface area contributed by atoms with Crippen molar-refractivity contribution in [3.05, 3.63) is 48.0 Å². The Kier molecular flexibility index (Phi) is 4.60. The Morgan fingerprint density at radius 1 is 1.18 bits per heavy atom. The molecule has 1 atom stereocenters. The average Bonchev–Trinajstić information content (AvgIpc) is 3.10. The Morgan fingerprint density at radius 3 is 2.82 bits per heavy atom. The van der Waals surface area contributed by atoms with Crippen molar-refractivity contribution < 1.29 is 28.6 Å².